The van der Waals surface area contributed by atoms with E-state index in [-0.39, 0.29) is 17.2 Å². The molecule has 26 heavy (non-hydrogen) atoms. The van der Waals surface area contributed by atoms with E-state index in [1.54, 1.807) is 44.6 Å². The van der Waals surface area contributed by atoms with Crippen LogP contribution in [0.15, 0.2) is 47.4 Å². The van der Waals surface area contributed by atoms with Crippen LogP contribution in [-0.2, 0) is 27.7 Å². The van der Waals surface area contributed by atoms with Gasteiger partial charge < -0.3 is 14.8 Å². The number of rotatable bonds is 8. The van der Waals surface area contributed by atoms with Gasteiger partial charge in [0.1, 0.15) is 11.5 Å². The summed E-state index contributed by atoms with van der Waals surface area (Å²) >= 11 is 0. The van der Waals surface area contributed by atoms with Gasteiger partial charge in [-0.1, -0.05) is 18.2 Å². The zero-order valence-electron chi connectivity index (χ0n) is 14.7. The highest BCUT2D eigenvalue weighted by Gasteiger charge is 2.10. The minimum absolute atomic E-state index is 0.0666. The lowest BCUT2D eigenvalue weighted by molar-refractivity contribution is -0.120. The van der Waals surface area contributed by atoms with Crippen LogP contribution in [0.5, 0.6) is 11.5 Å². The molecule has 0 saturated carbocycles. The van der Waals surface area contributed by atoms with Crippen molar-refractivity contribution in [1.82, 2.24) is 5.32 Å². The number of amides is 1. The highest BCUT2D eigenvalue weighted by molar-refractivity contribution is 7.89. The van der Waals surface area contributed by atoms with Gasteiger partial charge in [0.2, 0.25) is 15.9 Å². The summed E-state index contributed by atoms with van der Waals surface area (Å²) in [6.07, 6.45) is 0.772. The summed E-state index contributed by atoms with van der Waals surface area (Å²) in [7, 11) is -0.581. The number of carbonyl (C=O) groups is 1. The normalized spacial score (nSPS) is 11.0. The Bertz CT molecular complexity index is 864. The molecule has 3 N–H and O–H groups in total. The van der Waals surface area contributed by atoms with Gasteiger partial charge >= 0.3 is 0 Å². The summed E-state index contributed by atoms with van der Waals surface area (Å²) in [6.45, 7) is 0.437. The molecule has 0 aliphatic carbocycles. The molecule has 0 bridgehead atoms. The van der Waals surface area contributed by atoms with Crippen LogP contribution in [0.1, 0.15) is 11.1 Å². The van der Waals surface area contributed by atoms with Crippen molar-refractivity contribution in [2.45, 2.75) is 17.7 Å². The second-order valence-electron chi connectivity index (χ2n) is 5.64. The average Bonchev–Trinajstić information content (AvgIpc) is 2.61. The van der Waals surface area contributed by atoms with Gasteiger partial charge in [0.05, 0.1) is 25.5 Å². The largest absolute Gasteiger partial charge is 0.497 e. The first-order valence-electron chi connectivity index (χ1n) is 7.93. The van der Waals surface area contributed by atoms with Gasteiger partial charge in [-0.25, -0.2) is 13.6 Å². The third-order valence-electron chi connectivity index (χ3n) is 3.83. The van der Waals surface area contributed by atoms with E-state index in [4.69, 9.17) is 14.6 Å². The first-order valence-corrected chi connectivity index (χ1v) is 9.47. The third kappa shape index (κ3) is 5.47. The van der Waals surface area contributed by atoms with Gasteiger partial charge in [-0.2, -0.15) is 0 Å². The summed E-state index contributed by atoms with van der Waals surface area (Å²) in [6, 6.07) is 11.6. The Labute approximate surface area is 153 Å². The number of nitrogens with two attached hydrogens (primary N) is 1. The molecular formula is C18H22N2O5S. The molecule has 1 amide bonds. The molecule has 0 unspecified atom stereocenters. The molecule has 0 aliphatic rings. The van der Waals surface area contributed by atoms with Crippen LogP contribution in [0, 0.1) is 0 Å². The van der Waals surface area contributed by atoms with Crippen LogP contribution in [0.25, 0.3) is 0 Å². The highest BCUT2D eigenvalue weighted by atomic mass is 32.2. The van der Waals surface area contributed by atoms with E-state index in [1.807, 2.05) is 0 Å². The second kappa shape index (κ2) is 8.68. The fourth-order valence-corrected chi connectivity index (χ4v) is 2.94. The van der Waals surface area contributed by atoms with Crippen molar-refractivity contribution < 1.29 is 22.7 Å². The first-order chi connectivity index (χ1) is 12.3. The van der Waals surface area contributed by atoms with E-state index in [1.165, 1.54) is 12.1 Å². The fourth-order valence-electron chi connectivity index (χ4n) is 2.43. The van der Waals surface area contributed by atoms with E-state index >= 15 is 0 Å². The molecule has 0 aliphatic heterocycles. The molecule has 0 atom stereocenters. The lowest BCUT2D eigenvalue weighted by Gasteiger charge is -2.11. The van der Waals surface area contributed by atoms with Crippen LogP contribution < -0.4 is 19.9 Å². The summed E-state index contributed by atoms with van der Waals surface area (Å²) in [5, 5.41) is 7.89. The molecule has 0 heterocycles. The van der Waals surface area contributed by atoms with E-state index in [0.717, 1.165) is 11.1 Å². The van der Waals surface area contributed by atoms with Crippen LogP contribution in [0.3, 0.4) is 0 Å². The molecule has 0 spiro atoms. The maximum Gasteiger partial charge on any atom is 0.238 e. The van der Waals surface area contributed by atoms with Crippen molar-refractivity contribution in [3.63, 3.8) is 0 Å². The van der Waals surface area contributed by atoms with Crippen molar-refractivity contribution in [2.24, 2.45) is 5.14 Å². The zero-order valence-corrected chi connectivity index (χ0v) is 15.5. The third-order valence-corrected chi connectivity index (χ3v) is 4.76. The Kier molecular flexibility index (Phi) is 6.59. The Balaban J connectivity index is 1.87. The molecule has 0 aromatic heterocycles. The molecule has 0 saturated heterocycles. The van der Waals surface area contributed by atoms with Gasteiger partial charge in [0, 0.05) is 18.2 Å². The molecule has 0 fully saturated rings. The number of primary sulfonamides is 1. The Morgan fingerprint density at radius 3 is 2.35 bits per heavy atom. The molecular weight excluding hydrogens is 356 g/mol. The first kappa shape index (κ1) is 19.7. The van der Waals surface area contributed by atoms with Crippen molar-refractivity contribution in [1.29, 1.82) is 0 Å². The van der Waals surface area contributed by atoms with Gasteiger partial charge in [-0.3, -0.25) is 4.79 Å². The van der Waals surface area contributed by atoms with E-state index in [2.05, 4.69) is 5.32 Å². The fraction of sp³-hybridized carbons (Fsp3) is 0.278. The molecule has 140 valence electrons. The predicted octanol–water partition coefficient (Wildman–Crippen LogP) is 1.25. The molecule has 2 rings (SSSR count). The van der Waals surface area contributed by atoms with Gasteiger partial charge in [0.25, 0.3) is 0 Å². The van der Waals surface area contributed by atoms with E-state index in [9.17, 15) is 13.2 Å². The van der Waals surface area contributed by atoms with Crippen LogP contribution >= 0.6 is 0 Å². The van der Waals surface area contributed by atoms with Gasteiger partial charge in [-0.15, -0.1) is 0 Å². The van der Waals surface area contributed by atoms with Crippen LogP contribution in [0.4, 0.5) is 0 Å². The molecule has 2 aromatic carbocycles. The summed E-state index contributed by atoms with van der Waals surface area (Å²) < 4.78 is 32.8. The molecule has 7 nitrogen and oxygen atoms in total. The van der Waals surface area contributed by atoms with Crippen molar-refractivity contribution >= 4 is 15.9 Å². The lowest BCUT2D eigenvalue weighted by Crippen LogP contribution is -2.27. The van der Waals surface area contributed by atoms with Crippen molar-refractivity contribution in [2.75, 3.05) is 20.8 Å². The van der Waals surface area contributed by atoms with Crippen LogP contribution in [-0.4, -0.2) is 35.1 Å². The number of carbonyl (C=O) groups excluding carboxylic acids is 1. The number of sulfonamides is 1. The average molecular weight is 378 g/mol. The van der Waals surface area contributed by atoms with Gasteiger partial charge in [-0.05, 0) is 30.2 Å². The Morgan fingerprint density at radius 2 is 1.77 bits per heavy atom. The maximum atomic E-state index is 12.1. The van der Waals surface area contributed by atoms with E-state index < -0.39 is 10.0 Å². The SMILES string of the molecule is COc1ccc(CC(=O)NCCc2ccc(S(N)(=O)=O)cc2)c(OC)c1. The second-order valence-corrected chi connectivity index (χ2v) is 7.20. The minimum Gasteiger partial charge on any atom is -0.497 e. The number of hydrogen-bond donors (Lipinski definition) is 2. The van der Waals surface area contributed by atoms with Gasteiger partial charge in [0.15, 0.2) is 0 Å². The molecule has 8 heteroatoms. The summed E-state index contributed by atoms with van der Waals surface area (Å²) in [5.41, 5.74) is 1.67. The molecule has 0 radical (unpaired) electrons. The number of methoxy groups -OCH3 is 2. The Hall–Kier alpha value is -2.58. The topological polar surface area (TPSA) is 108 Å². The van der Waals surface area contributed by atoms with Crippen molar-refractivity contribution in [3.8, 4) is 11.5 Å². The van der Waals surface area contributed by atoms with Crippen LogP contribution in [0.2, 0.25) is 0 Å². The number of ether oxygens (including phenoxy) is 2. The molecule has 2 aromatic rings. The smallest absolute Gasteiger partial charge is 0.238 e. The van der Waals surface area contributed by atoms with Crippen molar-refractivity contribution in [3.05, 3.63) is 53.6 Å². The minimum atomic E-state index is -3.69. The number of hydrogen-bond acceptors (Lipinski definition) is 5. The highest BCUT2D eigenvalue weighted by Crippen LogP contribution is 2.24. The number of nitrogens with one attached hydrogen (secondary N) is 1. The maximum absolute atomic E-state index is 12.1. The zero-order chi connectivity index (χ0) is 19.2. The summed E-state index contributed by atoms with van der Waals surface area (Å²) in [5.74, 6) is 1.13. The lowest BCUT2D eigenvalue weighted by atomic mass is 10.1. The van der Waals surface area contributed by atoms with E-state index in [0.29, 0.717) is 24.5 Å². The Morgan fingerprint density at radius 1 is 1.08 bits per heavy atom. The summed E-state index contributed by atoms with van der Waals surface area (Å²) in [4.78, 5) is 12.2. The monoisotopic (exact) mass is 378 g/mol. The predicted molar refractivity (Wildman–Crippen MR) is 97.8 cm³/mol. The quantitative estimate of drug-likeness (QED) is 0.719. The number of benzene rings is 2. The standard InChI is InChI=1S/C18H22N2O5S/c1-24-15-6-5-14(17(12-15)25-2)11-18(21)20-10-9-13-3-7-16(8-4-13)26(19,22)23/h3-8,12H,9-11H2,1-2H3,(H,20,21)(H2,19,22,23).